The van der Waals surface area contributed by atoms with E-state index in [0.29, 0.717) is 19.0 Å². The summed E-state index contributed by atoms with van der Waals surface area (Å²) in [6, 6.07) is 0.702. The first-order valence-corrected chi connectivity index (χ1v) is 9.16. The van der Waals surface area contributed by atoms with Gasteiger partial charge in [0, 0.05) is 19.1 Å². The highest BCUT2D eigenvalue weighted by atomic mass is 32.2. The molecule has 0 amide bonds. The summed E-state index contributed by atoms with van der Waals surface area (Å²) in [6.45, 7) is 8.34. The van der Waals surface area contributed by atoms with Gasteiger partial charge in [-0.15, -0.1) is 0 Å². The van der Waals surface area contributed by atoms with E-state index in [1.165, 1.54) is 12.8 Å². The molecule has 19 heavy (non-hydrogen) atoms. The van der Waals surface area contributed by atoms with Crippen LogP contribution in [0.15, 0.2) is 0 Å². The van der Waals surface area contributed by atoms with Gasteiger partial charge in [0.2, 0.25) is 10.0 Å². The molecule has 1 aliphatic rings. The van der Waals surface area contributed by atoms with Crippen molar-refractivity contribution in [3.63, 3.8) is 0 Å². The van der Waals surface area contributed by atoms with Gasteiger partial charge in [-0.3, -0.25) is 4.90 Å². The van der Waals surface area contributed by atoms with Gasteiger partial charge < -0.3 is 5.32 Å². The Morgan fingerprint density at radius 2 is 1.89 bits per heavy atom. The Morgan fingerprint density at radius 1 is 1.16 bits per heavy atom. The van der Waals surface area contributed by atoms with E-state index in [1.54, 1.807) is 0 Å². The summed E-state index contributed by atoms with van der Waals surface area (Å²) in [5.41, 5.74) is 0. The van der Waals surface area contributed by atoms with E-state index in [-0.39, 0.29) is 5.75 Å². The minimum atomic E-state index is -3.09. The topological polar surface area (TPSA) is 61.4 Å². The van der Waals surface area contributed by atoms with Gasteiger partial charge in [-0.05, 0) is 45.3 Å². The van der Waals surface area contributed by atoms with Crippen LogP contribution in [0.3, 0.4) is 0 Å². The number of nitrogens with one attached hydrogen (secondary N) is 2. The van der Waals surface area contributed by atoms with Crippen molar-refractivity contribution in [2.45, 2.75) is 45.6 Å². The third-order valence-corrected chi connectivity index (χ3v) is 4.85. The first kappa shape index (κ1) is 16.9. The third kappa shape index (κ3) is 7.87. The fraction of sp³-hybridized carbons (Fsp3) is 1.00. The van der Waals surface area contributed by atoms with Gasteiger partial charge in [0.15, 0.2) is 0 Å². The van der Waals surface area contributed by atoms with Crippen LogP contribution in [0.2, 0.25) is 0 Å². The average molecular weight is 291 g/mol. The summed E-state index contributed by atoms with van der Waals surface area (Å²) in [7, 11) is -3.09. The molecule has 0 atom stereocenters. The molecule has 2 N–H and O–H groups in total. The highest BCUT2D eigenvalue weighted by Gasteiger charge is 2.27. The first-order chi connectivity index (χ1) is 9.09. The summed E-state index contributed by atoms with van der Waals surface area (Å²) in [5.74, 6) is 0.221. The van der Waals surface area contributed by atoms with Crippen LogP contribution < -0.4 is 10.0 Å². The van der Waals surface area contributed by atoms with Crippen LogP contribution in [0.4, 0.5) is 0 Å². The van der Waals surface area contributed by atoms with Gasteiger partial charge in [-0.2, -0.15) is 0 Å². The monoisotopic (exact) mass is 291 g/mol. The molecule has 0 unspecified atom stereocenters. The number of hydrogen-bond acceptors (Lipinski definition) is 4. The lowest BCUT2D eigenvalue weighted by Gasteiger charge is -2.19. The summed E-state index contributed by atoms with van der Waals surface area (Å²) in [6.07, 6.45) is 4.29. The molecule has 0 bridgehead atoms. The van der Waals surface area contributed by atoms with E-state index in [1.807, 2.05) is 0 Å². The average Bonchev–Trinajstić information content (AvgIpc) is 3.18. The number of nitrogens with zero attached hydrogens (tertiary/aromatic N) is 1. The molecule has 1 aliphatic carbocycles. The lowest BCUT2D eigenvalue weighted by atomic mass is 10.4. The highest BCUT2D eigenvalue weighted by Crippen LogP contribution is 2.25. The third-order valence-electron chi connectivity index (χ3n) is 3.38. The molecule has 0 radical (unpaired) electrons. The zero-order valence-corrected chi connectivity index (χ0v) is 13.1. The minimum absolute atomic E-state index is 0.221. The van der Waals surface area contributed by atoms with E-state index in [2.05, 4.69) is 28.8 Å². The smallest absolute Gasteiger partial charge is 0.211 e. The first-order valence-electron chi connectivity index (χ1n) is 7.51. The number of hydrogen-bond donors (Lipinski definition) is 2. The van der Waals surface area contributed by atoms with Crippen LogP contribution in [0.5, 0.6) is 0 Å². The zero-order valence-electron chi connectivity index (χ0n) is 12.3. The fourth-order valence-corrected chi connectivity index (χ4v) is 3.22. The van der Waals surface area contributed by atoms with Crippen molar-refractivity contribution in [2.75, 3.05) is 38.5 Å². The maximum absolute atomic E-state index is 11.8. The molecule has 1 fully saturated rings. The molecule has 114 valence electrons. The van der Waals surface area contributed by atoms with E-state index >= 15 is 0 Å². The molecule has 0 saturated heterocycles. The number of likely N-dealkylation sites (N-methyl/N-ethyl adjacent to an activating group) is 1. The zero-order chi connectivity index (χ0) is 14.1. The molecular formula is C13H29N3O2S. The standard InChI is InChI=1S/C13H29N3O2S/c1-3-8-14-9-5-12-19(17,18)15-10-11-16(4-2)13-6-7-13/h13-15H,3-12H2,1-2H3. The van der Waals surface area contributed by atoms with Crippen molar-refractivity contribution in [3.05, 3.63) is 0 Å². The highest BCUT2D eigenvalue weighted by molar-refractivity contribution is 7.89. The van der Waals surface area contributed by atoms with Crippen molar-refractivity contribution < 1.29 is 8.42 Å². The van der Waals surface area contributed by atoms with E-state index < -0.39 is 10.0 Å². The van der Waals surface area contributed by atoms with E-state index in [0.717, 1.165) is 32.6 Å². The molecule has 0 spiro atoms. The molecule has 1 saturated carbocycles. The number of sulfonamides is 1. The Hall–Kier alpha value is -0.170. The summed E-state index contributed by atoms with van der Waals surface area (Å²) in [4.78, 5) is 2.35. The van der Waals surface area contributed by atoms with Gasteiger partial charge >= 0.3 is 0 Å². The second kappa shape index (κ2) is 8.89. The Bertz CT molecular complexity index is 329. The lowest BCUT2D eigenvalue weighted by molar-refractivity contribution is 0.282. The van der Waals surface area contributed by atoms with Crippen LogP contribution in [0.25, 0.3) is 0 Å². The number of rotatable bonds is 12. The van der Waals surface area contributed by atoms with E-state index in [9.17, 15) is 8.42 Å². The minimum Gasteiger partial charge on any atom is -0.317 e. The predicted octanol–water partition coefficient (Wildman–Crippen LogP) is 0.780. The molecular weight excluding hydrogens is 262 g/mol. The van der Waals surface area contributed by atoms with Crippen molar-refractivity contribution in [3.8, 4) is 0 Å². The van der Waals surface area contributed by atoms with Crippen molar-refractivity contribution in [1.82, 2.24) is 14.9 Å². The van der Waals surface area contributed by atoms with Gasteiger partial charge in [-0.25, -0.2) is 13.1 Å². The van der Waals surface area contributed by atoms with Gasteiger partial charge in [0.1, 0.15) is 0 Å². The molecule has 0 aromatic rings. The molecule has 1 rings (SSSR count). The second-order valence-corrected chi connectivity index (χ2v) is 7.10. The summed E-state index contributed by atoms with van der Waals surface area (Å²) < 4.78 is 26.2. The molecule has 5 nitrogen and oxygen atoms in total. The van der Waals surface area contributed by atoms with Crippen LogP contribution in [0.1, 0.15) is 39.5 Å². The SMILES string of the molecule is CCCNCCCS(=O)(=O)NCCN(CC)C1CC1. The van der Waals surface area contributed by atoms with Gasteiger partial charge in [0.05, 0.1) is 5.75 Å². The quantitative estimate of drug-likeness (QED) is 0.522. The largest absolute Gasteiger partial charge is 0.317 e. The second-order valence-electron chi connectivity index (χ2n) is 5.18. The predicted molar refractivity (Wildman–Crippen MR) is 79.8 cm³/mol. The normalized spacial score (nSPS) is 16.2. The molecule has 0 aliphatic heterocycles. The van der Waals surface area contributed by atoms with Crippen molar-refractivity contribution in [2.24, 2.45) is 0 Å². The Labute approximate surface area is 118 Å². The molecule has 6 heteroatoms. The molecule has 0 heterocycles. The molecule has 0 aromatic heterocycles. The fourth-order valence-electron chi connectivity index (χ4n) is 2.14. The lowest BCUT2D eigenvalue weighted by Crippen LogP contribution is -2.37. The Kier molecular flexibility index (Phi) is 7.90. The van der Waals surface area contributed by atoms with Crippen LogP contribution in [-0.2, 0) is 10.0 Å². The maximum Gasteiger partial charge on any atom is 0.211 e. The Balaban J connectivity index is 2.08. The Morgan fingerprint density at radius 3 is 2.47 bits per heavy atom. The van der Waals surface area contributed by atoms with Gasteiger partial charge in [0.25, 0.3) is 0 Å². The summed E-state index contributed by atoms with van der Waals surface area (Å²) in [5, 5.41) is 3.21. The van der Waals surface area contributed by atoms with Crippen LogP contribution >= 0.6 is 0 Å². The molecule has 0 aromatic carbocycles. The van der Waals surface area contributed by atoms with Gasteiger partial charge in [-0.1, -0.05) is 13.8 Å². The van der Waals surface area contributed by atoms with Crippen LogP contribution in [-0.4, -0.2) is 57.8 Å². The summed E-state index contributed by atoms with van der Waals surface area (Å²) >= 11 is 0. The maximum atomic E-state index is 11.8. The van der Waals surface area contributed by atoms with Crippen molar-refractivity contribution >= 4 is 10.0 Å². The van der Waals surface area contributed by atoms with Crippen molar-refractivity contribution in [1.29, 1.82) is 0 Å². The van der Waals surface area contributed by atoms with E-state index in [4.69, 9.17) is 0 Å². The van der Waals surface area contributed by atoms with Crippen LogP contribution in [0, 0.1) is 0 Å².